The molecule has 0 radical (unpaired) electrons. The average Bonchev–Trinajstić information content (AvgIpc) is 2.59. The minimum absolute atomic E-state index is 0.0598. The molecule has 1 fully saturated rings. The number of hydrogen-bond acceptors (Lipinski definition) is 3. The number of nitrogens with zero attached hydrogens (tertiary/aromatic N) is 2. The van der Waals surface area contributed by atoms with E-state index in [4.69, 9.17) is 16.3 Å². The Hall–Kier alpha value is -1.75. The summed E-state index contributed by atoms with van der Waals surface area (Å²) in [5.74, 6) is 0.928. The first-order valence-corrected chi connectivity index (χ1v) is 8.81. The largest absolute Gasteiger partial charge is 0.493 e. The molecule has 0 bridgehead atoms. The molecule has 0 aliphatic carbocycles. The number of rotatable bonds is 6. The summed E-state index contributed by atoms with van der Waals surface area (Å²) in [5.41, 5.74) is 1.10. The van der Waals surface area contributed by atoms with Gasteiger partial charge in [0.2, 0.25) is 11.8 Å². The molecule has 1 aliphatic rings. The molecule has 6 heteroatoms. The van der Waals surface area contributed by atoms with E-state index < -0.39 is 5.38 Å². The lowest BCUT2D eigenvalue weighted by molar-refractivity contribution is -0.139. The summed E-state index contributed by atoms with van der Waals surface area (Å²) in [6.45, 7) is 6.47. The summed E-state index contributed by atoms with van der Waals surface area (Å²) in [6.07, 6.45) is 1.15. The van der Waals surface area contributed by atoms with Gasteiger partial charge in [0.1, 0.15) is 11.1 Å². The predicted octanol–water partition coefficient (Wildman–Crippen LogP) is 2.45. The average molecular weight is 353 g/mol. The number of aryl methyl sites for hydroxylation is 1. The number of amides is 2. The lowest BCUT2D eigenvalue weighted by Crippen LogP contribution is -2.52. The van der Waals surface area contributed by atoms with Gasteiger partial charge in [-0.05, 0) is 31.9 Å². The number of ether oxygens (including phenoxy) is 1. The maximum Gasteiger partial charge on any atom is 0.240 e. The van der Waals surface area contributed by atoms with Crippen molar-refractivity contribution >= 4 is 23.4 Å². The van der Waals surface area contributed by atoms with E-state index >= 15 is 0 Å². The molecule has 1 aromatic carbocycles. The molecule has 1 atom stereocenters. The molecule has 0 N–H and O–H groups in total. The number of carbonyl (C=O) groups excluding carboxylic acids is 2. The van der Waals surface area contributed by atoms with Crippen LogP contribution in [-0.4, -0.2) is 59.8 Å². The molecule has 1 aliphatic heterocycles. The van der Waals surface area contributed by atoms with E-state index in [2.05, 4.69) is 0 Å². The molecule has 24 heavy (non-hydrogen) atoms. The quantitative estimate of drug-likeness (QED) is 0.583. The van der Waals surface area contributed by atoms with Gasteiger partial charge in [0, 0.05) is 32.6 Å². The highest BCUT2D eigenvalue weighted by Crippen LogP contribution is 2.16. The van der Waals surface area contributed by atoms with Gasteiger partial charge in [0.15, 0.2) is 0 Å². The Morgan fingerprint density at radius 1 is 1.17 bits per heavy atom. The lowest BCUT2D eigenvalue weighted by Gasteiger charge is -2.35. The Bertz CT molecular complexity index is 569. The summed E-state index contributed by atoms with van der Waals surface area (Å²) in [7, 11) is 0. The minimum atomic E-state index is -0.508. The van der Waals surface area contributed by atoms with Gasteiger partial charge < -0.3 is 14.5 Å². The fourth-order valence-corrected chi connectivity index (χ4v) is 2.85. The highest BCUT2D eigenvalue weighted by Gasteiger charge is 2.25. The van der Waals surface area contributed by atoms with E-state index in [9.17, 15) is 9.59 Å². The third-order valence-electron chi connectivity index (χ3n) is 4.17. The Morgan fingerprint density at radius 2 is 1.79 bits per heavy atom. The minimum Gasteiger partial charge on any atom is -0.493 e. The van der Waals surface area contributed by atoms with Gasteiger partial charge in [-0.3, -0.25) is 9.59 Å². The highest BCUT2D eigenvalue weighted by atomic mass is 35.5. The van der Waals surface area contributed by atoms with Crippen molar-refractivity contribution in [2.24, 2.45) is 0 Å². The molecular formula is C18H25ClN2O3. The SMILES string of the molecule is Cc1ccccc1OCCCC(=O)N1CCN(C(=O)C(C)Cl)CC1. The summed E-state index contributed by atoms with van der Waals surface area (Å²) in [5, 5.41) is -0.508. The molecule has 0 spiro atoms. The first-order chi connectivity index (χ1) is 11.5. The van der Waals surface area contributed by atoms with E-state index in [1.165, 1.54) is 0 Å². The monoisotopic (exact) mass is 352 g/mol. The van der Waals surface area contributed by atoms with E-state index in [0.717, 1.165) is 11.3 Å². The third kappa shape index (κ3) is 5.13. The normalized spacial score (nSPS) is 16.0. The van der Waals surface area contributed by atoms with E-state index in [1.54, 1.807) is 11.8 Å². The summed E-state index contributed by atoms with van der Waals surface area (Å²) < 4.78 is 5.71. The number of alkyl halides is 1. The molecule has 0 saturated carbocycles. The summed E-state index contributed by atoms with van der Waals surface area (Å²) >= 11 is 5.82. The second kappa shape index (κ2) is 8.92. The fraction of sp³-hybridized carbons (Fsp3) is 0.556. The maximum absolute atomic E-state index is 12.2. The smallest absolute Gasteiger partial charge is 0.240 e. The van der Waals surface area contributed by atoms with Crippen molar-refractivity contribution in [1.29, 1.82) is 0 Å². The predicted molar refractivity (Wildman–Crippen MR) is 94.4 cm³/mol. The standard InChI is InChI=1S/C18H25ClN2O3/c1-14-6-3-4-7-16(14)24-13-5-8-17(22)20-9-11-21(12-10-20)18(23)15(2)19/h3-4,6-7,15H,5,8-13H2,1-2H3. The van der Waals surface area contributed by atoms with Crippen molar-refractivity contribution in [1.82, 2.24) is 9.80 Å². The Balaban J connectivity index is 1.67. The van der Waals surface area contributed by atoms with Crippen molar-refractivity contribution in [3.8, 4) is 5.75 Å². The van der Waals surface area contributed by atoms with Crippen molar-refractivity contribution in [2.45, 2.75) is 32.1 Å². The van der Waals surface area contributed by atoms with Crippen LogP contribution in [0.3, 0.4) is 0 Å². The molecular weight excluding hydrogens is 328 g/mol. The van der Waals surface area contributed by atoms with Crippen LogP contribution in [0.5, 0.6) is 5.75 Å². The van der Waals surface area contributed by atoms with Crippen LogP contribution in [0.1, 0.15) is 25.3 Å². The van der Waals surface area contributed by atoms with Crippen LogP contribution >= 0.6 is 11.6 Å². The van der Waals surface area contributed by atoms with Crippen LogP contribution in [0.25, 0.3) is 0 Å². The van der Waals surface area contributed by atoms with Crippen LogP contribution in [0.15, 0.2) is 24.3 Å². The second-order valence-corrected chi connectivity index (χ2v) is 6.69. The van der Waals surface area contributed by atoms with Gasteiger partial charge in [0.05, 0.1) is 6.61 Å². The van der Waals surface area contributed by atoms with Gasteiger partial charge in [0.25, 0.3) is 0 Å². The molecule has 1 aromatic rings. The number of benzene rings is 1. The van der Waals surface area contributed by atoms with Gasteiger partial charge in [-0.1, -0.05) is 18.2 Å². The van der Waals surface area contributed by atoms with E-state index in [1.807, 2.05) is 36.1 Å². The van der Waals surface area contributed by atoms with Crippen LogP contribution < -0.4 is 4.74 Å². The van der Waals surface area contributed by atoms with Gasteiger partial charge in [-0.15, -0.1) is 11.6 Å². The Kier molecular flexibility index (Phi) is 6.91. The number of para-hydroxylation sites is 1. The molecule has 5 nitrogen and oxygen atoms in total. The fourth-order valence-electron chi connectivity index (χ4n) is 2.71. The first-order valence-electron chi connectivity index (χ1n) is 8.38. The van der Waals surface area contributed by atoms with Crippen molar-refractivity contribution in [3.05, 3.63) is 29.8 Å². The Labute approximate surface area is 148 Å². The molecule has 132 valence electrons. The molecule has 1 heterocycles. The maximum atomic E-state index is 12.2. The van der Waals surface area contributed by atoms with Crippen molar-refractivity contribution < 1.29 is 14.3 Å². The second-order valence-electron chi connectivity index (χ2n) is 6.04. The molecule has 2 amide bonds. The number of hydrogen-bond donors (Lipinski definition) is 0. The summed E-state index contributed by atoms with van der Waals surface area (Å²) in [4.78, 5) is 27.6. The zero-order valence-corrected chi connectivity index (χ0v) is 15.1. The van der Waals surface area contributed by atoms with Crippen LogP contribution in [0.2, 0.25) is 0 Å². The number of piperazine rings is 1. The van der Waals surface area contributed by atoms with Gasteiger partial charge in [-0.25, -0.2) is 0 Å². The topological polar surface area (TPSA) is 49.9 Å². The molecule has 1 unspecified atom stereocenters. The van der Waals surface area contributed by atoms with Gasteiger partial charge in [-0.2, -0.15) is 0 Å². The van der Waals surface area contributed by atoms with Crippen LogP contribution in [0.4, 0.5) is 0 Å². The number of carbonyl (C=O) groups is 2. The van der Waals surface area contributed by atoms with Crippen LogP contribution in [0, 0.1) is 6.92 Å². The molecule has 2 rings (SSSR count). The summed E-state index contributed by atoms with van der Waals surface area (Å²) in [6, 6.07) is 7.85. The first kappa shape index (κ1) is 18.6. The van der Waals surface area contributed by atoms with E-state index in [-0.39, 0.29) is 11.8 Å². The van der Waals surface area contributed by atoms with E-state index in [0.29, 0.717) is 45.6 Å². The zero-order valence-electron chi connectivity index (χ0n) is 14.3. The van der Waals surface area contributed by atoms with Gasteiger partial charge >= 0.3 is 0 Å². The van der Waals surface area contributed by atoms with Crippen LogP contribution in [-0.2, 0) is 9.59 Å². The molecule has 1 saturated heterocycles. The highest BCUT2D eigenvalue weighted by molar-refractivity contribution is 6.30. The third-order valence-corrected chi connectivity index (χ3v) is 4.36. The number of halogens is 1. The van der Waals surface area contributed by atoms with Crippen molar-refractivity contribution in [3.63, 3.8) is 0 Å². The Morgan fingerprint density at radius 3 is 2.42 bits per heavy atom. The molecule has 0 aromatic heterocycles. The van der Waals surface area contributed by atoms with Crippen molar-refractivity contribution in [2.75, 3.05) is 32.8 Å². The zero-order chi connectivity index (χ0) is 17.5. The lowest BCUT2D eigenvalue weighted by atomic mass is 10.2.